The van der Waals surface area contributed by atoms with Crippen LogP contribution >= 0.6 is 0 Å². The van der Waals surface area contributed by atoms with Gasteiger partial charge in [-0.1, -0.05) is 0 Å². The summed E-state index contributed by atoms with van der Waals surface area (Å²) in [6.07, 6.45) is 0. The first-order chi connectivity index (χ1) is 7.36. The van der Waals surface area contributed by atoms with Gasteiger partial charge in [-0.3, -0.25) is 4.79 Å². The van der Waals surface area contributed by atoms with E-state index in [4.69, 9.17) is 9.15 Å². The zero-order valence-electron chi connectivity index (χ0n) is 10.5. The van der Waals surface area contributed by atoms with E-state index in [-0.39, 0.29) is 5.97 Å². The van der Waals surface area contributed by atoms with Crippen LogP contribution in [0.1, 0.15) is 19.6 Å². The second kappa shape index (κ2) is 4.60. The number of anilines is 1. The molecule has 0 N–H and O–H groups in total. The molecule has 0 spiro atoms. The van der Waals surface area contributed by atoms with Gasteiger partial charge in [0, 0.05) is 19.7 Å². The molecule has 0 radical (unpaired) electrons. The second-order valence-corrected chi connectivity index (χ2v) is 4.62. The van der Waals surface area contributed by atoms with Crippen molar-refractivity contribution < 1.29 is 13.9 Å². The second-order valence-electron chi connectivity index (χ2n) is 4.62. The fourth-order valence-electron chi connectivity index (χ4n) is 1.64. The third-order valence-electron chi connectivity index (χ3n) is 2.47. The molecule has 0 saturated heterocycles. The van der Waals surface area contributed by atoms with E-state index in [0.717, 1.165) is 11.6 Å². The van der Waals surface area contributed by atoms with Gasteiger partial charge in [-0.05, 0) is 26.8 Å². The molecule has 0 unspecified atom stereocenters. The van der Waals surface area contributed by atoms with Gasteiger partial charge in [0.25, 0.3) is 0 Å². The maximum atomic E-state index is 11.5. The Bertz CT molecular complexity index is 368. The largest absolute Gasteiger partial charge is 0.469 e. The summed E-state index contributed by atoms with van der Waals surface area (Å²) in [5.41, 5.74) is -0.551. The van der Waals surface area contributed by atoms with E-state index in [1.54, 1.807) is 0 Å². The number of esters is 1. The van der Waals surface area contributed by atoms with Crippen molar-refractivity contribution in [3.63, 3.8) is 0 Å². The quantitative estimate of drug-likeness (QED) is 0.737. The molecule has 16 heavy (non-hydrogen) atoms. The van der Waals surface area contributed by atoms with E-state index >= 15 is 0 Å². The monoisotopic (exact) mass is 225 g/mol. The average Bonchev–Trinajstić information content (AvgIpc) is 2.63. The first kappa shape index (κ1) is 12.6. The summed E-state index contributed by atoms with van der Waals surface area (Å²) in [6, 6.07) is 3.79. The lowest BCUT2D eigenvalue weighted by molar-refractivity contribution is -0.150. The number of hydrogen-bond acceptors (Lipinski definition) is 4. The van der Waals surface area contributed by atoms with Gasteiger partial charge in [-0.25, -0.2) is 0 Å². The molecule has 0 aliphatic heterocycles. The molecule has 0 saturated carbocycles. The number of rotatable bonds is 4. The van der Waals surface area contributed by atoms with Gasteiger partial charge in [0.15, 0.2) is 5.88 Å². The van der Waals surface area contributed by atoms with Crippen molar-refractivity contribution in [2.75, 3.05) is 25.6 Å². The molecule has 0 amide bonds. The van der Waals surface area contributed by atoms with Crippen molar-refractivity contribution in [3.8, 4) is 0 Å². The van der Waals surface area contributed by atoms with Crippen LogP contribution < -0.4 is 4.90 Å². The predicted octanol–water partition coefficient (Wildman–Crippen LogP) is 2.22. The highest BCUT2D eigenvalue weighted by Gasteiger charge is 2.30. The summed E-state index contributed by atoms with van der Waals surface area (Å²) in [7, 11) is 3.30. The Balaban J connectivity index is 2.70. The van der Waals surface area contributed by atoms with Gasteiger partial charge in [-0.2, -0.15) is 0 Å². The minimum absolute atomic E-state index is 0.220. The molecule has 1 heterocycles. The predicted molar refractivity (Wildman–Crippen MR) is 62.5 cm³/mol. The Hall–Kier alpha value is -1.45. The summed E-state index contributed by atoms with van der Waals surface area (Å²) in [5, 5.41) is 0. The average molecular weight is 225 g/mol. The summed E-state index contributed by atoms with van der Waals surface area (Å²) >= 11 is 0. The van der Waals surface area contributed by atoms with Crippen LogP contribution in [-0.4, -0.2) is 26.7 Å². The fraction of sp³-hybridized carbons (Fsp3) is 0.583. The molecule has 0 fully saturated rings. The number of carbonyl (C=O) groups excluding carboxylic acids is 1. The third-order valence-corrected chi connectivity index (χ3v) is 2.47. The van der Waals surface area contributed by atoms with Gasteiger partial charge in [0.05, 0.1) is 12.5 Å². The van der Waals surface area contributed by atoms with Crippen molar-refractivity contribution in [1.29, 1.82) is 0 Å². The van der Waals surface area contributed by atoms with Crippen LogP contribution in [0.25, 0.3) is 0 Å². The van der Waals surface area contributed by atoms with Crippen LogP contribution in [0.3, 0.4) is 0 Å². The van der Waals surface area contributed by atoms with Crippen LogP contribution in [0.5, 0.6) is 0 Å². The normalized spacial score (nSPS) is 11.3. The Morgan fingerprint density at radius 1 is 1.50 bits per heavy atom. The van der Waals surface area contributed by atoms with Gasteiger partial charge in [-0.15, -0.1) is 0 Å². The number of carbonyl (C=O) groups is 1. The Labute approximate surface area is 96.2 Å². The first-order valence-electron chi connectivity index (χ1n) is 5.23. The van der Waals surface area contributed by atoms with Crippen LogP contribution in [0, 0.1) is 12.3 Å². The number of hydrogen-bond donors (Lipinski definition) is 0. The molecule has 0 aliphatic carbocycles. The smallest absolute Gasteiger partial charge is 0.313 e. The summed E-state index contributed by atoms with van der Waals surface area (Å²) in [5.74, 6) is 1.40. The molecule has 0 aliphatic rings. The Kier molecular flexibility index (Phi) is 3.62. The Morgan fingerprint density at radius 2 is 2.12 bits per heavy atom. The Morgan fingerprint density at radius 3 is 2.56 bits per heavy atom. The molecular formula is C12H19NO3. The van der Waals surface area contributed by atoms with Crippen LogP contribution in [0.2, 0.25) is 0 Å². The van der Waals surface area contributed by atoms with E-state index in [1.165, 1.54) is 7.11 Å². The number of ether oxygens (including phenoxy) is 1. The zero-order valence-corrected chi connectivity index (χ0v) is 10.5. The molecule has 1 aromatic heterocycles. The molecule has 0 atom stereocenters. The summed E-state index contributed by atoms with van der Waals surface area (Å²) in [4.78, 5) is 13.4. The van der Waals surface area contributed by atoms with Gasteiger partial charge >= 0.3 is 5.97 Å². The first-order valence-corrected chi connectivity index (χ1v) is 5.23. The van der Waals surface area contributed by atoms with E-state index in [0.29, 0.717) is 6.54 Å². The molecule has 1 rings (SSSR count). The number of nitrogens with zero attached hydrogens (tertiary/aromatic N) is 1. The van der Waals surface area contributed by atoms with Crippen LogP contribution in [-0.2, 0) is 9.53 Å². The molecule has 90 valence electrons. The van der Waals surface area contributed by atoms with Crippen molar-refractivity contribution in [1.82, 2.24) is 0 Å². The SMILES string of the molecule is COC(=O)C(C)(C)CN(C)c1ccc(C)o1. The molecule has 4 nitrogen and oxygen atoms in total. The van der Waals surface area contributed by atoms with Crippen molar-refractivity contribution in [2.24, 2.45) is 5.41 Å². The molecule has 1 aromatic rings. The lowest BCUT2D eigenvalue weighted by Gasteiger charge is -2.27. The van der Waals surface area contributed by atoms with E-state index in [1.807, 2.05) is 44.9 Å². The minimum Gasteiger partial charge on any atom is -0.469 e. The van der Waals surface area contributed by atoms with Gasteiger partial charge in [0.2, 0.25) is 0 Å². The van der Waals surface area contributed by atoms with Crippen LogP contribution in [0.4, 0.5) is 5.88 Å². The molecular weight excluding hydrogens is 206 g/mol. The third kappa shape index (κ3) is 2.78. The van der Waals surface area contributed by atoms with Crippen molar-refractivity contribution in [3.05, 3.63) is 17.9 Å². The number of furan rings is 1. The highest BCUT2D eigenvalue weighted by molar-refractivity contribution is 5.76. The lowest BCUT2D eigenvalue weighted by atomic mass is 9.93. The lowest BCUT2D eigenvalue weighted by Crippen LogP contribution is -2.38. The summed E-state index contributed by atoms with van der Waals surface area (Å²) in [6.45, 7) is 6.14. The number of aryl methyl sites for hydroxylation is 1. The van der Waals surface area contributed by atoms with Gasteiger partial charge < -0.3 is 14.1 Å². The molecule has 0 bridgehead atoms. The maximum absolute atomic E-state index is 11.5. The zero-order chi connectivity index (χ0) is 12.3. The maximum Gasteiger partial charge on any atom is 0.313 e. The molecule has 0 aromatic carbocycles. The minimum atomic E-state index is -0.551. The highest BCUT2D eigenvalue weighted by Crippen LogP contribution is 2.23. The standard InChI is InChI=1S/C12H19NO3/c1-9-6-7-10(16-9)13(4)8-12(2,3)11(14)15-5/h6-7H,8H2,1-5H3. The molecule has 4 heteroatoms. The van der Waals surface area contributed by atoms with Gasteiger partial charge in [0.1, 0.15) is 5.76 Å². The topological polar surface area (TPSA) is 42.7 Å². The van der Waals surface area contributed by atoms with Crippen molar-refractivity contribution in [2.45, 2.75) is 20.8 Å². The fourth-order valence-corrected chi connectivity index (χ4v) is 1.64. The van der Waals surface area contributed by atoms with E-state index < -0.39 is 5.41 Å². The summed E-state index contributed by atoms with van der Waals surface area (Å²) < 4.78 is 10.2. The number of methoxy groups -OCH3 is 1. The highest BCUT2D eigenvalue weighted by atomic mass is 16.5. The van der Waals surface area contributed by atoms with E-state index in [9.17, 15) is 4.79 Å². The van der Waals surface area contributed by atoms with E-state index in [2.05, 4.69) is 0 Å². The van der Waals surface area contributed by atoms with Crippen LogP contribution in [0.15, 0.2) is 16.5 Å². The van der Waals surface area contributed by atoms with Crippen molar-refractivity contribution >= 4 is 11.9 Å².